The number of aryl methyl sites for hydroxylation is 2. The molecule has 188 valence electrons. The summed E-state index contributed by atoms with van der Waals surface area (Å²) in [5.41, 5.74) is 5.74. The van der Waals surface area contributed by atoms with Crippen LogP contribution in [0.25, 0.3) is 0 Å². The van der Waals surface area contributed by atoms with Gasteiger partial charge in [0, 0.05) is 27.0 Å². The van der Waals surface area contributed by atoms with Crippen molar-refractivity contribution in [3.05, 3.63) is 111 Å². The number of nitrogens with one attached hydrogen (secondary N) is 2. The van der Waals surface area contributed by atoms with Gasteiger partial charge >= 0.3 is 0 Å². The van der Waals surface area contributed by atoms with E-state index in [1.807, 2.05) is 63.2 Å². The molecule has 37 heavy (non-hydrogen) atoms. The molecule has 1 amide bonds. The number of anilines is 2. The van der Waals surface area contributed by atoms with Gasteiger partial charge in [0.1, 0.15) is 24.7 Å². The van der Waals surface area contributed by atoms with Crippen LogP contribution >= 0.6 is 23.2 Å². The molecule has 1 atom stereocenters. The molecule has 1 aromatic heterocycles. The van der Waals surface area contributed by atoms with Gasteiger partial charge in [0.25, 0.3) is 5.91 Å². The van der Waals surface area contributed by atoms with E-state index in [4.69, 9.17) is 27.9 Å². The zero-order valence-corrected chi connectivity index (χ0v) is 22.1. The van der Waals surface area contributed by atoms with E-state index in [9.17, 15) is 4.79 Å². The Balaban J connectivity index is 1.42. The van der Waals surface area contributed by atoms with Crippen LogP contribution in [-0.4, -0.2) is 20.7 Å². The van der Waals surface area contributed by atoms with Gasteiger partial charge in [0.05, 0.1) is 5.57 Å². The maximum atomic E-state index is 13.6. The molecular weight excluding hydrogens is 509 g/mol. The van der Waals surface area contributed by atoms with Crippen LogP contribution in [0, 0.1) is 13.8 Å². The van der Waals surface area contributed by atoms with Crippen LogP contribution in [-0.2, 0) is 11.4 Å². The quantitative estimate of drug-likeness (QED) is 0.288. The first kappa shape index (κ1) is 24.9. The van der Waals surface area contributed by atoms with Gasteiger partial charge in [-0.25, -0.2) is 4.68 Å². The average molecular weight is 534 g/mol. The van der Waals surface area contributed by atoms with E-state index in [1.54, 1.807) is 22.9 Å². The van der Waals surface area contributed by atoms with Gasteiger partial charge < -0.3 is 15.4 Å². The maximum absolute atomic E-state index is 13.6. The Hall–Kier alpha value is -3.81. The third-order valence-corrected chi connectivity index (χ3v) is 7.02. The molecule has 1 aliphatic rings. The second kappa shape index (κ2) is 10.3. The number of carbonyl (C=O) groups excluding carboxylic acids is 1. The number of hydrogen-bond acceptors (Lipinski definition) is 5. The maximum Gasteiger partial charge on any atom is 0.255 e. The van der Waals surface area contributed by atoms with E-state index in [2.05, 4.69) is 20.7 Å². The molecule has 0 saturated carbocycles. The molecule has 0 aliphatic carbocycles. The number of benzene rings is 3. The lowest BCUT2D eigenvalue weighted by Crippen LogP contribution is -2.31. The molecule has 1 aliphatic heterocycles. The van der Waals surface area contributed by atoms with Gasteiger partial charge in [0.15, 0.2) is 0 Å². The van der Waals surface area contributed by atoms with E-state index in [0.29, 0.717) is 33.0 Å². The molecule has 0 saturated heterocycles. The number of fused-ring (bicyclic) bond motifs is 1. The normalized spacial score (nSPS) is 14.7. The predicted molar refractivity (Wildman–Crippen MR) is 146 cm³/mol. The Morgan fingerprint density at radius 2 is 1.78 bits per heavy atom. The molecule has 0 bridgehead atoms. The minimum absolute atomic E-state index is 0.211. The number of amides is 1. The summed E-state index contributed by atoms with van der Waals surface area (Å²) in [6, 6.07) is 18.4. The lowest BCUT2D eigenvalue weighted by atomic mass is 9.94. The standard InChI is InChI=1S/C28H25Cl2N5O2/c1-16-7-12-24(17(2)13-16)34-27(36)25-18(3)33-28-31-15-32-35(28)26(25)19-8-10-20(11-9-19)37-14-21-22(29)5-4-6-23(21)30/h4-13,15,26H,14H2,1-3H3,(H,34,36)(H,31,32,33)/t26-/m1/s1. The average Bonchev–Trinajstić information content (AvgIpc) is 3.33. The largest absolute Gasteiger partial charge is 0.489 e. The highest BCUT2D eigenvalue weighted by Gasteiger charge is 2.33. The van der Waals surface area contributed by atoms with Crippen LogP contribution in [0.3, 0.4) is 0 Å². The molecule has 3 aromatic carbocycles. The van der Waals surface area contributed by atoms with Gasteiger partial charge in [-0.15, -0.1) is 0 Å². The number of ether oxygens (including phenoxy) is 1. The summed E-state index contributed by atoms with van der Waals surface area (Å²) in [4.78, 5) is 17.9. The van der Waals surface area contributed by atoms with Crippen molar-refractivity contribution in [1.29, 1.82) is 0 Å². The summed E-state index contributed by atoms with van der Waals surface area (Å²) in [6.45, 7) is 6.10. The van der Waals surface area contributed by atoms with Gasteiger partial charge in [-0.2, -0.15) is 10.1 Å². The van der Waals surface area contributed by atoms with Crippen LogP contribution in [0.5, 0.6) is 5.75 Å². The van der Waals surface area contributed by atoms with Crippen LogP contribution < -0.4 is 15.4 Å². The lowest BCUT2D eigenvalue weighted by molar-refractivity contribution is -0.113. The number of nitrogens with zero attached hydrogens (tertiary/aromatic N) is 3. The number of allylic oxidation sites excluding steroid dienone is 1. The zero-order valence-electron chi connectivity index (χ0n) is 20.5. The molecule has 9 heteroatoms. The number of halogens is 2. The first-order chi connectivity index (χ1) is 17.8. The van der Waals surface area contributed by atoms with Crippen LogP contribution in [0.1, 0.15) is 35.2 Å². The van der Waals surface area contributed by atoms with Crippen LogP contribution in [0.4, 0.5) is 11.6 Å². The van der Waals surface area contributed by atoms with Crippen molar-refractivity contribution in [3.63, 3.8) is 0 Å². The van der Waals surface area contributed by atoms with Crippen LogP contribution in [0.15, 0.2) is 78.3 Å². The second-order valence-electron chi connectivity index (χ2n) is 8.92. The second-order valence-corrected chi connectivity index (χ2v) is 9.74. The number of aromatic nitrogens is 3. The number of rotatable bonds is 6. The SMILES string of the molecule is CC1=C(C(=O)Nc2ccc(C)cc2C)[C@@H](c2ccc(OCc3c(Cl)cccc3Cl)cc2)n2ncnc2N1. The Bertz CT molecular complexity index is 1490. The highest BCUT2D eigenvalue weighted by molar-refractivity contribution is 6.35. The summed E-state index contributed by atoms with van der Waals surface area (Å²) in [5.74, 6) is 1.01. The van der Waals surface area contributed by atoms with E-state index in [0.717, 1.165) is 27.9 Å². The zero-order chi connectivity index (χ0) is 26.1. The molecule has 0 spiro atoms. The Morgan fingerprint density at radius 1 is 1.05 bits per heavy atom. The number of carbonyl (C=O) groups is 1. The van der Waals surface area contributed by atoms with Crippen molar-refractivity contribution in [3.8, 4) is 5.75 Å². The molecular formula is C28H25Cl2N5O2. The minimum Gasteiger partial charge on any atom is -0.489 e. The summed E-state index contributed by atoms with van der Waals surface area (Å²) in [5, 5.41) is 11.8. The molecule has 7 nitrogen and oxygen atoms in total. The van der Waals surface area contributed by atoms with Crippen molar-refractivity contribution in [2.75, 3.05) is 10.6 Å². The van der Waals surface area contributed by atoms with E-state index in [-0.39, 0.29) is 12.5 Å². The summed E-state index contributed by atoms with van der Waals surface area (Å²) >= 11 is 12.5. The molecule has 2 N–H and O–H groups in total. The summed E-state index contributed by atoms with van der Waals surface area (Å²) < 4.78 is 7.65. The van der Waals surface area contributed by atoms with Crippen molar-refractivity contribution in [2.45, 2.75) is 33.4 Å². The van der Waals surface area contributed by atoms with Gasteiger partial charge in [-0.3, -0.25) is 4.79 Å². The van der Waals surface area contributed by atoms with Crippen molar-refractivity contribution >= 4 is 40.7 Å². The molecule has 0 radical (unpaired) electrons. The minimum atomic E-state index is -0.475. The van der Waals surface area contributed by atoms with Crippen LogP contribution in [0.2, 0.25) is 10.0 Å². The van der Waals surface area contributed by atoms with Crippen molar-refractivity contribution in [2.24, 2.45) is 0 Å². The smallest absolute Gasteiger partial charge is 0.255 e. The third kappa shape index (κ3) is 5.05. The molecule has 5 rings (SSSR count). The van der Waals surface area contributed by atoms with Gasteiger partial charge in [-0.1, -0.05) is 59.1 Å². The van der Waals surface area contributed by atoms with Crippen molar-refractivity contribution in [1.82, 2.24) is 14.8 Å². The molecule has 4 aromatic rings. The topological polar surface area (TPSA) is 81.1 Å². The fourth-order valence-corrected chi connectivity index (χ4v) is 4.92. The summed E-state index contributed by atoms with van der Waals surface area (Å²) in [7, 11) is 0. The lowest BCUT2D eigenvalue weighted by Gasteiger charge is -2.29. The number of hydrogen-bond donors (Lipinski definition) is 2. The van der Waals surface area contributed by atoms with Crippen molar-refractivity contribution < 1.29 is 9.53 Å². The molecule has 2 heterocycles. The Morgan fingerprint density at radius 3 is 2.49 bits per heavy atom. The highest BCUT2D eigenvalue weighted by Crippen LogP contribution is 2.36. The Kier molecular flexibility index (Phi) is 6.91. The fourth-order valence-electron chi connectivity index (χ4n) is 4.41. The Labute approximate surface area is 225 Å². The highest BCUT2D eigenvalue weighted by atomic mass is 35.5. The summed E-state index contributed by atoms with van der Waals surface area (Å²) in [6.07, 6.45) is 1.47. The van der Waals surface area contributed by atoms with Gasteiger partial charge in [0.2, 0.25) is 5.95 Å². The molecule has 0 fully saturated rings. The van der Waals surface area contributed by atoms with E-state index in [1.165, 1.54) is 6.33 Å². The van der Waals surface area contributed by atoms with E-state index >= 15 is 0 Å². The van der Waals surface area contributed by atoms with Gasteiger partial charge in [-0.05, 0) is 62.2 Å². The predicted octanol–water partition coefficient (Wildman–Crippen LogP) is 6.71. The molecule has 0 unspecified atom stereocenters. The first-order valence-corrected chi connectivity index (χ1v) is 12.5. The third-order valence-electron chi connectivity index (χ3n) is 6.31. The van der Waals surface area contributed by atoms with E-state index < -0.39 is 6.04 Å². The fraction of sp³-hybridized carbons (Fsp3) is 0.179. The monoisotopic (exact) mass is 533 g/mol. The first-order valence-electron chi connectivity index (χ1n) is 11.7.